The van der Waals surface area contributed by atoms with E-state index in [-0.39, 0.29) is 34.2 Å². The van der Waals surface area contributed by atoms with Gasteiger partial charge < -0.3 is 9.84 Å². The summed E-state index contributed by atoms with van der Waals surface area (Å²) in [7, 11) is 0. The smallest absolute Gasteiger partial charge is 0.273 e. The number of hydrogen-bond acceptors (Lipinski definition) is 6. The third-order valence-electron chi connectivity index (χ3n) is 3.29. The standard InChI is InChI=1S/C17H16ClN3O5/c1-2-26-15-8-11(7-13(18)17(15)23)10-19-20-16(22)9-12-5-3-4-6-14(12)21(24)25/h3-8,10,23H,2,9H2,1H3,(H,20,22)/b19-10+. The maximum atomic E-state index is 11.9. The van der Waals surface area contributed by atoms with E-state index >= 15 is 0 Å². The molecule has 2 rings (SSSR count). The van der Waals surface area contributed by atoms with Gasteiger partial charge in [-0.2, -0.15) is 5.10 Å². The first-order chi connectivity index (χ1) is 12.4. The van der Waals surface area contributed by atoms with Crippen LogP contribution in [0.4, 0.5) is 5.69 Å². The molecule has 0 radical (unpaired) electrons. The molecule has 1 amide bonds. The first kappa shape index (κ1) is 19.2. The van der Waals surface area contributed by atoms with Gasteiger partial charge in [0, 0.05) is 11.6 Å². The normalized spacial score (nSPS) is 10.7. The van der Waals surface area contributed by atoms with E-state index in [4.69, 9.17) is 16.3 Å². The van der Waals surface area contributed by atoms with Gasteiger partial charge in [-0.15, -0.1) is 0 Å². The van der Waals surface area contributed by atoms with E-state index in [1.165, 1.54) is 36.5 Å². The number of para-hydroxylation sites is 1. The van der Waals surface area contributed by atoms with Crippen molar-refractivity contribution in [3.8, 4) is 11.5 Å². The van der Waals surface area contributed by atoms with Crippen LogP contribution in [-0.4, -0.2) is 28.8 Å². The lowest BCUT2D eigenvalue weighted by molar-refractivity contribution is -0.385. The Morgan fingerprint density at radius 3 is 2.85 bits per heavy atom. The number of carbonyl (C=O) groups is 1. The molecule has 0 bridgehead atoms. The van der Waals surface area contributed by atoms with Gasteiger partial charge in [-0.3, -0.25) is 14.9 Å². The quantitative estimate of drug-likeness (QED) is 0.437. The van der Waals surface area contributed by atoms with Crippen molar-refractivity contribution in [1.29, 1.82) is 0 Å². The van der Waals surface area contributed by atoms with E-state index < -0.39 is 10.8 Å². The van der Waals surface area contributed by atoms with Gasteiger partial charge in [0.15, 0.2) is 11.5 Å². The molecule has 0 spiro atoms. The van der Waals surface area contributed by atoms with Crippen molar-refractivity contribution in [2.45, 2.75) is 13.3 Å². The minimum Gasteiger partial charge on any atom is -0.503 e. The number of carbonyl (C=O) groups excluding carboxylic acids is 1. The summed E-state index contributed by atoms with van der Waals surface area (Å²) in [4.78, 5) is 22.3. The number of phenols is 1. The number of nitrogens with zero attached hydrogens (tertiary/aromatic N) is 2. The summed E-state index contributed by atoms with van der Waals surface area (Å²) in [6, 6.07) is 8.96. The highest BCUT2D eigenvalue weighted by atomic mass is 35.5. The number of benzene rings is 2. The molecule has 8 nitrogen and oxygen atoms in total. The Balaban J connectivity index is 2.05. The summed E-state index contributed by atoms with van der Waals surface area (Å²) in [6.45, 7) is 2.11. The summed E-state index contributed by atoms with van der Waals surface area (Å²) < 4.78 is 5.25. The third kappa shape index (κ3) is 4.93. The number of hydrazone groups is 1. The van der Waals surface area contributed by atoms with Crippen LogP contribution >= 0.6 is 11.6 Å². The van der Waals surface area contributed by atoms with Gasteiger partial charge in [0.1, 0.15) is 0 Å². The van der Waals surface area contributed by atoms with Crippen LogP contribution < -0.4 is 10.2 Å². The predicted molar refractivity (Wildman–Crippen MR) is 96.8 cm³/mol. The van der Waals surface area contributed by atoms with Gasteiger partial charge in [-0.05, 0) is 24.6 Å². The molecule has 2 N–H and O–H groups in total. The van der Waals surface area contributed by atoms with Gasteiger partial charge in [0.05, 0.1) is 29.2 Å². The van der Waals surface area contributed by atoms with Crippen LogP contribution in [0, 0.1) is 10.1 Å². The van der Waals surface area contributed by atoms with Crippen LogP contribution in [0.5, 0.6) is 11.5 Å². The highest BCUT2D eigenvalue weighted by Gasteiger charge is 2.15. The van der Waals surface area contributed by atoms with Crippen LogP contribution in [0.2, 0.25) is 5.02 Å². The minimum absolute atomic E-state index is 0.0867. The molecule has 0 heterocycles. The summed E-state index contributed by atoms with van der Waals surface area (Å²) >= 11 is 5.91. The van der Waals surface area contributed by atoms with Gasteiger partial charge in [0.2, 0.25) is 5.91 Å². The van der Waals surface area contributed by atoms with Crippen LogP contribution in [0.1, 0.15) is 18.1 Å². The molecular weight excluding hydrogens is 362 g/mol. The molecule has 0 aliphatic heterocycles. The molecule has 0 atom stereocenters. The Morgan fingerprint density at radius 1 is 1.42 bits per heavy atom. The van der Waals surface area contributed by atoms with E-state index in [1.807, 2.05) is 0 Å². The fourth-order valence-electron chi connectivity index (χ4n) is 2.16. The number of aromatic hydroxyl groups is 1. The Kier molecular flexibility index (Phi) is 6.51. The van der Waals surface area contributed by atoms with Crippen molar-refractivity contribution in [3.05, 3.63) is 62.7 Å². The largest absolute Gasteiger partial charge is 0.503 e. The number of ether oxygens (including phenoxy) is 1. The molecule has 2 aromatic carbocycles. The van der Waals surface area contributed by atoms with Crippen molar-refractivity contribution >= 4 is 29.4 Å². The van der Waals surface area contributed by atoms with Crippen molar-refractivity contribution in [3.63, 3.8) is 0 Å². The Hall–Kier alpha value is -3.13. The lowest BCUT2D eigenvalue weighted by Crippen LogP contribution is -2.20. The zero-order valence-corrected chi connectivity index (χ0v) is 14.6. The van der Waals surface area contributed by atoms with Crippen molar-refractivity contribution in [2.24, 2.45) is 5.10 Å². The first-order valence-electron chi connectivity index (χ1n) is 7.62. The molecular formula is C17H16ClN3O5. The zero-order chi connectivity index (χ0) is 19.1. The molecule has 9 heteroatoms. The van der Waals surface area contributed by atoms with E-state index in [0.717, 1.165) is 0 Å². The van der Waals surface area contributed by atoms with E-state index in [1.54, 1.807) is 13.0 Å². The number of rotatable bonds is 7. The number of nitro benzene ring substituents is 1. The summed E-state index contributed by atoms with van der Waals surface area (Å²) in [6.07, 6.45) is 1.14. The molecule has 0 aliphatic carbocycles. The summed E-state index contributed by atoms with van der Waals surface area (Å²) in [5.74, 6) is -0.482. The second kappa shape index (κ2) is 8.82. The molecule has 2 aromatic rings. The summed E-state index contributed by atoms with van der Waals surface area (Å²) in [5, 5.41) is 24.6. The van der Waals surface area contributed by atoms with Gasteiger partial charge in [-0.1, -0.05) is 29.8 Å². The Bertz CT molecular complexity index is 854. The second-order valence-electron chi connectivity index (χ2n) is 5.14. The molecule has 0 fully saturated rings. The van der Waals surface area contributed by atoms with Crippen molar-refractivity contribution in [1.82, 2.24) is 5.43 Å². The number of hydrogen-bond donors (Lipinski definition) is 2. The molecule has 0 saturated heterocycles. The van der Waals surface area contributed by atoms with Gasteiger partial charge in [-0.25, -0.2) is 5.43 Å². The maximum Gasteiger partial charge on any atom is 0.273 e. The minimum atomic E-state index is -0.542. The molecule has 136 valence electrons. The lowest BCUT2D eigenvalue weighted by Gasteiger charge is -2.08. The number of phenolic OH excluding ortho intramolecular Hbond substituents is 1. The van der Waals surface area contributed by atoms with Crippen LogP contribution in [-0.2, 0) is 11.2 Å². The highest BCUT2D eigenvalue weighted by Crippen LogP contribution is 2.34. The molecule has 0 aliphatic rings. The fraction of sp³-hybridized carbons (Fsp3) is 0.176. The molecule has 0 unspecified atom stereocenters. The Morgan fingerprint density at radius 2 is 2.15 bits per heavy atom. The molecule has 26 heavy (non-hydrogen) atoms. The second-order valence-corrected chi connectivity index (χ2v) is 5.55. The third-order valence-corrected chi connectivity index (χ3v) is 3.58. The topological polar surface area (TPSA) is 114 Å². The molecule has 0 saturated carbocycles. The van der Waals surface area contributed by atoms with Crippen LogP contribution in [0.3, 0.4) is 0 Å². The monoisotopic (exact) mass is 377 g/mol. The highest BCUT2D eigenvalue weighted by molar-refractivity contribution is 6.32. The van der Waals surface area contributed by atoms with Crippen LogP contribution in [0.15, 0.2) is 41.5 Å². The average molecular weight is 378 g/mol. The number of halogens is 1. The first-order valence-corrected chi connectivity index (χ1v) is 7.99. The van der Waals surface area contributed by atoms with Crippen molar-refractivity contribution in [2.75, 3.05) is 6.61 Å². The lowest BCUT2D eigenvalue weighted by atomic mass is 10.1. The fourth-order valence-corrected chi connectivity index (χ4v) is 2.38. The predicted octanol–water partition coefficient (Wildman–Crippen LogP) is 3.05. The molecule has 0 aromatic heterocycles. The number of nitro groups is 1. The van der Waals surface area contributed by atoms with Crippen LogP contribution in [0.25, 0.3) is 0 Å². The van der Waals surface area contributed by atoms with E-state index in [0.29, 0.717) is 12.2 Å². The van der Waals surface area contributed by atoms with Gasteiger partial charge >= 0.3 is 0 Å². The maximum absolute atomic E-state index is 11.9. The van der Waals surface area contributed by atoms with E-state index in [2.05, 4.69) is 10.5 Å². The Labute approximate surface area is 154 Å². The zero-order valence-electron chi connectivity index (χ0n) is 13.8. The SMILES string of the molecule is CCOc1cc(/C=N/NC(=O)Cc2ccccc2[N+](=O)[O-])cc(Cl)c1O. The number of nitrogens with one attached hydrogen (secondary N) is 1. The van der Waals surface area contributed by atoms with Gasteiger partial charge in [0.25, 0.3) is 5.69 Å². The van der Waals surface area contributed by atoms with E-state index in [9.17, 15) is 20.0 Å². The van der Waals surface area contributed by atoms with Crippen molar-refractivity contribution < 1.29 is 19.6 Å². The average Bonchev–Trinajstić information content (AvgIpc) is 2.59. The summed E-state index contributed by atoms with van der Waals surface area (Å²) in [5.41, 5.74) is 2.96. The number of amides is 1.